The SMILES string of the molecule is CN(C(=O)OC(C)(C)C)C(C)(C=O)c1cc(C(C)(C)C)nn1C. The highest BCUT2D eigenvalue weighted by molar-refractivity contribution is 5.77. The van der Waals surface area contributed by atoms with Crippen LogP contribution < -0.4 is 0 Å². The molecular weight excluding hydrogens is 294 g/mol. The van der Waals surface area contributed by atoms with E-state index in [9.17, 15) is 9.59 Å². The van der Waals surface area contributed by atoms with Crippen LogP contribution in [0.2, 0.25) is 0 Å². The van der Waals surface area contributed by atoms with Crippen molar-refractivity contribution in [2.24, 2.45) is 7.05 Å². The van der Waals surface area contributed by atoms with E-state index in [4.69, 9.17) is 4.74 Å². The van der Waals surface area contributed by atoms with Crippen LogP contribution in [0.1, 0.15) is 59.9 Å². The first kappa shape index (κ1) is 19.2. The lowest BCUT2D eigenvalue weighted by Crippen LogP contribution is -2.49. The Balaban J connectivity index is 3.27. The second-order valence-electron chi connectivity index (χ2n) is 8.09. The zero-order chi connectivity index (χ0) is 18.2. The Kier molecular flexibility index (Phi) is 4.99. The quantitative estimate of drug-likeness (QED) is 0.802. The molecule has 0 bridgehead atoms. The molecule has 0 saturated carbocycles. The van der Waals surface area contributed by atoms with Crippen LogP contribution in [0.3, 0.4) is 0 Å². The molecule has 1 amide bonds. The fraction of sp³-hybridized carbons (Fsp3) is 0.706. The number of rotatable bonds is 3. The van der Waals surface area contributed by atoms with E-state index >= 15 is 0 Å². The second-order valence-corrected chi connectivity index (χ2v) is 8.09. The number of hydrogen-bond donors (Lipinski definition) is 0. The number of carbonyl (C=O) groups is 2. The normalized spacial score (nSPS) is 15.0. The molecule has 1 atom stereocenters. The Hall–Kier alpha value is -1.85. The van der Waals surface area contributed by atoms with Crippen molar-refractivity contribution in [3.8, 4) is 0 Å². The molecule has 1 rings (SSSR count). The topological polar surface area (TPSA) is 64.4 Å². The maximum Gasteiger partial charge on any atom is 0.411 e. The fourth-order valence-electron chi connectivity index (χ4n) is 2.14. The Morgan fingerprint density at radius 3 is 2.09 bits per heavy atom. The van der Waals surface area contributed by atoms with Crippen molar-refractivity contribution < 1.29 is 14.3 Å². The van der Waals surface area contributed by atoms with Gasteiger partial charge in [-0.05, 0) is 33.8 Å². The molecule has 0 aliphatic rings. The van der Waals surface area contributed by atoms with Gasteiger partial charge in [0.15, 0.2) is 6.29 Å². The minimum Gasteiger partial charge on any atom is -0.444 e. The molecule has 0 aliphatic carbocycles. The van der Waals surface area contributed by atoms with Crippen molar-refractivity contribution in [2.45, 2.75) is 65.0 Å². The van der Waals surface area contributed by atoms with Gasteiger partial charge in [-0.3, -0.25) is 9.58 Å². The van der Waals surface area contributed by atoms with Crippen LogP contribution in [0.4, 0.5) is 4.79 Å². The number of aryl methyl sites for hydroxylation is 1. The van der Waals surface area contributed by atoms with Crippen molar-refractivity contribution >= 4 is 12.4 Å². The van der Waals surface area contributed by atoms with Crippen LogP contribution in [-0.4, -0.2) is 39.7 Å². The summed E-state index contributed by atoms with van der Waals surface area (Å²) in [6.45, 7) is 13.2. The molecular formula is C17H29N3O3. The predicted octanol–water partition coefficient (Wildman–Crippen LogP) is 3.00. The van der Waals surface area contributed by atoms with Gasteiger partial charge in [0, 0.05) is 19.5 Å². The molecule has 23 heavy (non-hydrogen) atoms. The van der Waals surface area contributed by atoms with Gasteiger partial charge in [0.05, 0.1) is 11.4 Å². The highest BCUT2D eigenvalue weighted by atomic mass is 16.6. The molecule has 1 aromatic heterocycles. The lowest BCUT2D eigenvalue weighted by atomic mass is 9.90. The predicted molar refractivity (Wildman–Crippen MR) is 89.3 cm³/mol. The molecule has 1 unspecified atom stereocenters. The highest BCUT2D eigenvalue weighted by Gasteiger charge is 2.40. The zero-order valence-corrected chi connectivity index (χ0v) is 15.7. The van der Waals surface area contributed by atoms with Gasteiger partial charge in [-0.15, -0.1) is 0 Å². The summed E-state index contributed by atoms with van der Waals surface area (Å²) in [5.41, 5.74) is -0.429. The third-order valence-electron chi connectivity index (χ3n) is 3.76. The summed E-state index contributed by atoms with van der Waals surface area (Å²) in [5, 5.41) is 4.49. The third kappa shape index (κ3) is 4.12. The number of aromatic nitrogens is 2. The second kappa shape index (κ2) is 5.98. The molecule has 0 fully saturated rings. The van der Waals surface area contributed by atoms with E-state index in [0.29, 0.717) is 5.69 Å². The van der Waals surface area contributed by atoms with E-state index < -0.39 is 17.2 Å². The van der Waals surface area contributed by atoms with Gasteiger partial charge in [-0.2, -0.15) is 5.10 Å². The average molecular weight is 323 g/mol. The molecule has 1 heterocycles. The largest absolute Gasteiger partial charge is 0.444 e. The summed E-state index contributed by atoms with van der Waals surface area (Å²) in [4.78, 5) is 25.5. The third-order valence-corrected chi connectivity index (χ3v) is 3.76. The Labute approximate surface area is 138 Å². The summed E-state index contributed by atoms with van der Waals surface area (Å²) in [7, 11) is 3.33. The molecule has 130 valence electrons. The Morgan fingerprint density at radius 2 is 1.74 bits per heavy atom. The van der Waals surface area contributed by atoms with Crippen LogP contribution in [-0.2, 0) is 27.5 Å². The molecule has 0 N–H and O–H groups in total. The zero-order valence-electron chi connectivity index (χ0n) is 15.7. The fourth-order valence-corrected chi connectivity index (χ4v) is 2.14. The first-order valence-electron chi connectivity index (χ1n) is 7.70. The molecule has 1 aromatic rings. The number of aldehydes is 1. The van der Waals surface area contributed by atoms with E-state index in [0.717, 1.165) is 12.0 Å². The van der Waals surface area contributed by atoms with Crippen molar-refractivity contribution in [1.29, 1.82) is 0 Å². The number of ether oxygens (including phenoxy) is 1. The molecule has 6 heteroatoms. The monoisotopic (exact) mass is 323 g/mol. The van der Waals surface area contributed by atoms with Crippen LogP contribution in [0, 0.1) is 0 Å². The molecule has 0 aliphatic heterocycles. The van der Waals surface area contributed by atoms with Gasteiger partial charge in [0.1, 0.15) is 11.1 Å². The van der Waals surface area contributed by atoms with Gasteiger partial charge in [-0.25, -0.2) is 4.79 Å². The van der Waals surface area contributed by atoms with E-state index in [1.807, 2.05) is 6.07 Å². The molecule has 0 saturated heterocycles. The smallest absolute Gasteiger partial charge is 0.411 e. The standard InChI is InChI=1S/C17H29N3O3/c1-15(2,3)12-10-13(20(9)18-12)17(7,11-21)19(8)14(22)23-16(4,5)6/h10-11H,1-9H3. The van der Waals surface area contributed by atoms with Crippen molar-refractivity contribution in [2.75, 3.05) is 7.05 Å². The highest BCUT2D eigenvalue weighted by Crippen LogP contribution is 2.30. The first-order chi connectivity index (χ1) is 10.2. The van der Waals surface area contributed by atoms with Crippen LogP contribution in [0.5, 0.6) is 0 Å². The molecule has 6 nitrogen and oxygen atoms in total. The van der Waals surface area contributed by atoms with E-state index in [-0.39, 0.29) is 5.41 Å². The van der Waals surface area contributed by atoms with Crippen molar-refractivity contribution in [3.05, 3.63) is 17.5 Å². The molecule has 0 radical (unpaired) electrons. The lowest BCUT2D eigenvalue weighted by Gasteiger charge is -2.35. The van der Waals surface area contributed by atoms with Gasteiger partial charge in [0.2, 0.25) is 0 Å². The summed E-state index contributed by atoms with van der Waals surface area (Å²) in [5.74, 6) is 0. The van der Waals surface area contributed by atoms with Crippen LogP contribution in [0.15, 0.2) is 6.07 Å². The summed E-state index contributed by atoms with van der Waals surface area (Å²) >= 11 is 0. The number of likely N-dealkylation sites (N-methyl/N-ethyl adjacent to an activating group) is 1. The van der Waals surface area contributed by atoms with E-state index in [1.54, 1.807) is 46.5 Å². The number of nitrogens with zero attached hydrogens (tertiary/aromatic N) is 3. The number of carbonyl (C=O) groups excluding carboxylic acids is 2. The van der Waals surface area contributed by atoms with Crippen molar-refractivity contribution in [3.63, 3.8) is 0 Å². The summed E-state index contributed by atoms with van der Waals surface area (Å²) < 4.78 is 7.03. The summed E-state index contributed by atoms with van der Waals surface area (Å²) in [6.07, 6.45) is 0.200. The van der Waals surface area contributed by atoms with Gasteiger partial charge < -0.3 is 9.53 Å². The number of hydrogen-bond acceptors (Lipinski definition) is 4. The van der Waals surface area contributed by atoms with E-state index in [1.165, 1.54) is 4.90 Å². The maximum absolute atomic E-state index is 12.4. The van der Waals surface area contributed by atoms with Gasteiger partial charge >= 0.3 is 6.09 Å². The van der Waals surface area contributed by atoms with Crippen LogP contribution in [0.25, 0.3) is 0 Å². The van der Waals surface area contributed by atoms with Crippen molar-refractivity contribution in [1.82, 2.24) is 14.7 Å². The average Bonchev–Trinajstić information content (AvgIpc) is 2.77. The van der Waals surface area contributed by atoms with E-state index in [2.05, 4.69) is 25.9 Å². The summed E-state index contributed by atoms with van der Waals surface area (Å²) in [6, 6.07) is 1.87. The Morgan fingerprint density at radius 1 is 1.22 bits per heavy atom. The minimum atomic E-state index is -1.16. The van der Waals surface area contributed by atoms with Gasteiger partial charge in [0.25, 0.3) is 0 Å². The minimum absolute atomic E-state index is 0.149. The molecule has 0 spiro atoms. The number of amides is 1. The lowest BCUT2D eigenvalue weighted by molar-refractivity contribution is -0.117. The first-order valence-corrected chi connectivity index (χ1v) is 7.70. The van der Waals surface area contributed by atoms with Crippen LogP contribution >= 0.6 is 0 Å². The molecule has 0 aromatic carbocycles. The Bertz CT molecular complexity index is 593. The maximum atomic E-state index is 12.4. The van der Waals surface area contributed by atoms with Gasteiger partial charge in [-0.1, -0.05) is 20.8 Å².